The molecular formula is C19H25N3O3S. The Bertz CT molecular complexity index is 739. The number of aromatic nitrogens is 1. The molecule has 26 heavy (non-hydrogen) atoms. The highest BCUT2D eigenvalue weighted by atomic mass is 32.1. The van der Waals surface area contributed by atoms with E-state index in [0.29, 0.717) is 36.9 Å². The molecule has 2 amide bonds. The molecule has 2 aromatic rings. The number of rotatable bonds is 7. The first-order valence-electron chi connectivity index (χ1n) is 9.18. The van der Waals surface area contributed by atoms with Crippen LogP contribution in [0.1, 0.15) is 43.6 Å². The van der Waals surface area contributed by atoms with Crippen molar-refractivity contribution in [2.75, 3.05) is 19.6 Å². The van der Waals surface area contributed by atoms with Gasteiger partial charge in [-0.05, 0) is 37.6 Å². The second-order valence-electron chi connectivity index (χ2n) is 6.57. The van der Waals surface area contributed by atoms with Crippen molar-refractivity contribution in [2.45, 2.75) is 45.4 Å². The molecule has 1 aliphatic rings. The van der Waals surface area contributed by atoms with Crippen molar-refractivity contribution in [3.63, 3.8) is 0 Å². The van der Waals surface area contributed by atoms with E-state index in [1.54, 1.807) is 11.3 Å². The molecule has 1 fully saturated rings. The maximum Gasteiger partial charge on any atom is 0.236 e. The summed E-state index contributed by atoms with van der Waals surface area (Å²) in [7, 11) is 0. The van der Waals surface area contributed by atoms with E-state index in [-0.39, 0.29) is 18.2 Å². The fourth-order valence-electron chi connectivity index (χ4n) is 3.08. The van der Waals surface area contributed by atoms with Crippen molar-refractivity contribution in [2.24, 2.45) is 0 Å². The van der Waals surface area contributed by atoms with E-state index >= 15 is 0 Å². The number of hydrogen-bond acceptors (Lipinski definition) is 5. The minimum absolute atomic E-state index is 0.0682. The second-order valence-corrected chi connectivity index (χ2v) is 7.52. The Labute approximate surface area is 157 Å². The van der Waals surface area contributed by atoms with Gasteiger partial charge in [0.05, 0.1) is 17.0 Å². The van der Waals surface area contributed by atoms with Gasteiger partial charge in [0.1, 0.15) is 5.76 Å². The van der Waals surface area contributed by atoms with Crippen LogP contribution in [0.4, 0.5) is 0 Å². The SMILES string of the molecule is Cc1oc(-c2cccs2)nc1CC(=O)NCCCN1CCCCCC1=O. The van der Waals surface area contributed by atoms with Crippen LogP contribution in [0.15, 0.2) is 21.9 Å². The predicted octanol–water partition coefficient (Wildman–Crippen LogP) is 3.16. The first-order valence-corrected chi connectivity index (χ1v) is 10.1. The van der Waals surface area contributed by atoms with Crippen LogP contribution < -0.4 is 5.32 Å². The van der Waals surface area contributed by atoms with Crippen molar-refractivity contribution < 1.29 is 14.0 Å². The molecule has 0 radical (unpaired) electrons. The zero-order valence-electron chi connectivity index (χ0n) is 15.1. The van der Waals surface area contributed by atoms with Gasteiger partial charge in [-0.25, -0.2) is 4.98 Å². The van der Waals surface area contributed by atoms with Crippen LogP contribution >= 0.6 is 11.3 Å². The number of carbonyl (C=O) groups excluding carboxylic acids is 2. The van der Waals surface area contributed by atoms with Crippen molar-refractivity contribution >= 4 is 23.2 Å². The van der Waals surface area contributed by atoms with Gasteiger partial charge in [0, 0.05) is 26.1 Å². The maximum absolute atomic E-state index is 12.2. The number of nitrogens with zero attached hydrogens (tertiary/aromatic N) is 2. The Morgan fingerprint density at radius 2 is 2.27 bits per heavy atom. The predicted molar refractivity (Wildman–Crippen MR) is 101 cm³/mol. The number of nitrogens with one attached hydrogen (secondary N) is 1. The van der Waals surface area contributed by atoms with Crippen molar-refractivity contribution in [1.82, 2.24) is 15.2 Å². The van der Waals surface area contributed by atoms with Gasteiger partial charge in [0.25, 0.3) is 0 Å². The molecule has 3 rings (SSSR count). The largest absolute Gasteiger partial charge is 0.440 e. The number of likely N-dealkylation sites (tertiary alicyclic amines) is 1. The van der Waals surface area contributed by atoms with Gasteiger partial charge in [-0.1, -0.05) is 12.5 Å². The number of aryl methyl sites for hydroxylation is 1. The van der Waals surface area contributed by atoms with Crippen LogP contribution in [-0.4, -0.2) is 41.3 Å². The molecule has 0 aliphatic carbocycles. The van der Waals surface area contributed by atoms with E-state index in [4.69, 9.17) is 4.42 Å². The zero-order chi connectivity index (χ0) is 18.4. The minimum Gasteiger partial charge on any atom is -0.440 e. The number of amides is 2. The number of oxazole rings is 1. The van der Waals surface area contributed by atoms with Crippen molar-refractivity contribution in [1.29, 1.82) is 0 Å². The van der Waals surface area contributed by atoms with E-state index in [2.05, 4.69) is 10.3 Å². The van der Waals surface area contributed by atoms with Crippen molar-refractivity contribution in [3.8, 4) is 10.8 Å². The molecule has 2 aromatic heterocycles. The molecule has 3 heterocycles. The summed E-state index contributed by atoms with van der Waals surface area (Å²) in [6.07, 6.45) is 4.85. The Morgan fingerprint density at radius 1 is 1.38 bits per heavy atom. The van der Waals surface area contributed by atoms with Crippen LogP contribution in [0.3, 0.4) is 0 Å². The summed E-state index contributed by atoms with van der Waals surface area (Å²) in [5.41, 5.74) is 0.675. The van der Waals surface area contributed by atoms with Gasteiger partial charge in [-0.2, -0.15) is 0 Å². The Morgan fingerprint density at radius 3 is 3.08 bits per heavy atom. The van der Waals surface area contributed by atoms with E-state index in [1.807, 2.05) is 29.3 Å². The summed E-state index contributed by atoms with van der Waals surface area (Å²) in [5.74, 6) is 1.42. The number of carbonyl (C=O) groups is 2. The molecular weight excluding hydrogens is 350 g/mol. The van der Waals surface area contributed by atoms with E-state index < -0.39 is 0 Å². The third-order valence-electron chi connectivity index (χ3n) is 4.55. The summed E-state index contributed by atoms with van der Waals surface area (Å²) in [5, 5.41) is 4.89. The molecule has 0 unspecified atom stereocenters. The average Bonchev–Trinajstić information content (AvgIpc) is 3.22. The van der Waals surface area contributed by atoms with Gasteiger partial charge in [-0.3, -0.25) is 9.59 Å². The van der Waals surface area contributed by atoms with Gasteiger partial charge in [0.15, 0.2) is 0 Å². The number of thiophene rings is 1. The van der Waals surface area contributed by atoms with Crippen LogP contribution in [-0.2, 0) is 16.0 Å². The molecule has 140 valence electrons. The van der Waals surface area contributed by atoms with Crippen LogP contribution in [0.5, 0.6) is 0 Å². The van der Waals surface area contributed by atoms with E-state index in [1.165, 1.54) is 0 Å². The normalized spacial score (nSPS) is 15.1. The van der Waals surface area contributed by atoms with Gasteiger partial charge >= 0.3 is 0 Å². The highest BCUT2D eigenvalue weighted by Crippen LogP contribution is 2.26. The molecule has 0 saturated carbocycles. The Hall–Kier alpha value is -2.15. The summed E-state index contributed by atoms with van der Waals surface area (Å²) in [6, 6.07) is 3.89. The lowest BCUT2D eigenvalue weighted by Crippen LogP contribution is -2.34. The summed E-state index contributed by atoms with van der Waals surface area (Å²) in [4.78, 5) is 31.4. The standard InChI is InChI=1S/C19H25N3O3S/c1-14-15(21-19(25-14)16-7-5-12-26-16)13-17(23)20-9-6-11-22-10-4-2-3-8-18(22)24/h5,7,12H,2-4,6,8-11,13H2,1H3,(H,20,23). The quantitative estimate of drug-likeness (QED) is 0.754. The molecule has 0 atom stereocenters. The summed E-state index contributed by atoms with van der Waals surface area (Å²) < 4.78 is 5.66. The Kier molecular flexibility index (Phi) is 6.44. The fraction of sp³-hybridized carbons (Fsp3) is 0.526. The number of hydrogen-bond donors (Lipinski definition) is 1. The van der Waals surface area contributed by atoms with Gasteiger partial charge in [-0.15, -0.1) is 11.3 Å². The van der Waals surface area contributed by atoms with E-state index in [0.717, 1.165) is 37.1 Å². The smallest absolute Gasteiger partial charge is 0.236 e. The average molecular weight is 375 g/mol. The summed E-state index contributed by atoms with van der Waals surface area (Å²) in [6.45, 7) is 3.95. The minimum atomic E-state index is -0.0682. The first kappa shape index (κ1) is 18.6. The third kappa shape index (κ3) is 4.94. The zero-order valence-corrected chi connectivity index (χ0v) is 15.9. The summed E-state index contributed by atoms with van der Waals surface area (Å²) >= 11 is 1.56. The van der Waals surface area contributed by atoms with Crippen LogP contribution in [0.2, 0.25) is 0 Å². The molecule has 0 spiro atoms. The lowest BCUT2D eigenvalue weighted by molar-refractivity contribution is -0.130. The van der Waals surface area contributed by atoms with Crippen LogP contribution in [0, 0.1) is 6.92 Å². The maximum atomic E-state index is 12.2. The van der Waals surface area contributed by atoms with Crippen molar-refractivity contribution in [3.05, 3.63) is 29.0 Å². The highest BCUT2D eigenvalue weighted by Gasteiger charge is 2.17. The molecule has 1 saturated heterocycles. The Balaban J connectivity index is 1.42. The van der Waals surface area contributed by atoms with Gasteiger partial charge < -0.3 is 14.6 Å². The van der Waals surface area contributed by atoms with Gasteiger partial charge in [0.2, 0.25) is 17.7 Å². The lowest BCUT2D eigenvalue weighted by atomic mass is 10.2. The molecule has 7 heteroatoms. The molecule has 0 aromatic carbocycles. The molecule has 6 nitrogen and oxygen atoms in total. The monoisotopic (exact) mass is 375 g/mol. The topological polar surface area (TPSA) is 75.4 Å². The third-order valence-corrected chi connectivity index (χ3v) is 5.41. The van der Waals surface area contributed by atoms with Crippen LogP contribution in [0.25, 0.3) is 10.8 Å². The first-order chi connectivity index (χ1) is 12.6. The fourth-order valence-corrected chi connectivity index (χ4v) is 3.73. The molecule has 1 N–H and O–H groups in total. The molecule has 1 aliphatic heterocycles. The second kappa shape index (κ2) is 8.98. The molecule has 0 bridgehead atoms. The highest BCUT2D eigenvalue weighted by molar-refractivity contribution is 7.13. The van der Waals surface area contributed by atoms with E-state index in [9.17, 15) is 9.59 Å². The lowest BCUT2D eigenvalue weighted by Gasteiger charge is -2.20.